The Morgan fingerprint density at radius 3 is 2.84 bits per heavy atom. The van der Waals surface area contributed by atoms with Crippen LogP contribution in [0.1, 0.15) is 52.7 Å². The maximum atomic E-state index is 12.4. The maximum Gasteiger partial charge on any atom is 0.337 e. The Hall–Kier alpha value is -2.66. The van der Waals surface area contributed by atoms with Crippen LogP contribution in [0.4, 0.5) is 10.1 Å². The molecule has 2 aliphatic rings. The van der Waals surface area contributed by atoms with Gasteiger partial charge in [0.2, 0.25) is 0 Å². The summed E-state index contributed by atoms with van der Waals surface area (Å²) in [5.41, 5.74) is 6.55. The molecule has 5 heteroatoms. The molecule has 1 N–H and O–H groups in total. The van der Waals surface area contributed by atoms with Gasteiger partial charge >= 0.3 is 5.97 Å². The molecule has 0 saturated carbocycles. The molecule has 0 radical (unpaired) electrons. The zero-order valence-corrected chi connectivity index (χ0v) is 18.2. The Bertz CT molecular complexity index is 939. The van der Waals surface area contributed by atoms with Crippen LogP contribution in [0.2, 0.25) is 0 Å². The van der Waals surface area contributed by atoms with Gasteiger partial charge < -0.3 is 15.0 Å². The van der Waals surface area contributed by atoms with Crippen molar-refractivity contribution in [3.8, 4) is 0 Å². The van der Waals surface area contributed by atoms with Crippen LogP contribution in [0.25, 0.3) is 5.57 Å². The number of methoxy groups -OCH3 is 1. The first-order valence-corrected chi connectivity index (χ1v) is 11.2. The van der Waals surface area contributed by atoms with Crippen LogP contribution in [0.3, 0.4) is 0 Å². The smallest absolute Gasteiger partial charge is 0.337 e. The van der Waals surface area contributed by atoms with E-state index in [2.05, 4.69) is 46.6 Å². The molecule has 1 saturated heterocycles. The van der Waals surface area contributed by atoms with Gasteiger partial charge in [0.05, 0.1) is 19.3 Å². The average molecular weight is 423 g/mol. The van der Waals surface area contributed by atoms with E-state index in [0.717, 1.165) is 51.0 Å². The van der Waals surface area contributed by atoms with Crippen molar-refractivity contribution in [3.63, 3.8) is 0 Å². The van der Waals surface area contributed by atoms with Gasteiger partial charge in [0, 0.05) is 31.4 Å². The Balaban J connectivity index is 1.47. The minimum atomic E-state index is -0.289. The van der Waals surface area contributed by atoms with E-state index in [-0.39, 0.29) is 12.6 Å². The summed E-state index contributed by atoms with van der Waals surface area (Å²) >= 11 is 0. The predicted molar refractivity (Wildman–Crippen MR) is 123 cm³/mol. The summed E-state index contributed by atoms with van der Waals surface area (Å²) in [4.78, 5) is 14.3. The third kappa shape index (κ3) is 5.16. The third-order valence-electron chi connectivity index (χ3n) is 6.26. The number of halogens is 1. The van der Waals surface area contributed by atoms with E-state index in [1.807, 2.05) is 12.1 Å². The van der Waals surface area contributed by atoms with Crippen LogP contribution >= 0.6 is 0 Å². The number of benzene rings is 2. The molecule has 4 rings (SSSR count). The largest absolute Gasteiger partial charge is 0.465 e. The zero-order valence-electron chi connectivity index (χ0n) is 18.2. The van der Waals surface area contributed by atoms with Crippen molar-refractivity contribution in [1.82, 2.24) is 4.90 Å². The molecule has 0 amide bonds. The first kappa shape index (κ1) is 21.6. The van der Waals surface area contributed by atoms with Crippen molar-refractivity contribution < 1.29 is 13.9 Å². The van der Waals surface area contributed by atoms with Gasteiger partial charge in [0.1, 0.15) is 0 Å². The molecule has 1 atom stereocenters. The van der Waals surface area contributed by atoms with Gasteiger partial charge in [-0.1, -0.05) is 24.3 Å². The average Bonchev–Trinajstić information content (AvgIpc) is 3.14. The Labute approximate surface area is 184 Å². The van der Waals surface area contributed by atoms with E-state index >= 15 is 0 Å². The van der Waals surface area contributed by atoms with Crippen LogP contribution in [-0.2, 0) is 11.2 Å². The number of ether oxygens (including phenoxy) is 1. The first-order valence-electron chi connectivity index (χ1n) is 11.2. The molecule has 0 spiro atoms. The third-order valence-corrected chi connectivity index (χ3v) is 6.26. The summed E-state index contributed by atoms with van der Waals surface area (Å²) in [7, 11) is 1.42. The van der Waals surface area contributed by atoms with Gasteiger partial charge in [-0.05, 0) is 78.6 Å². The number of likely N-dealkylation sites (tertiary alicyclic amines) is 1. The van der Waals surface area contributed by atoms with Crippen LogP contribution in [0.15, 0.2) is 48.5 Å². The van der Waals surface area contributed by atoms with Crippen molar-refractivity contribution in [1.29, 1.82) is 0 Å². The van der Waals surface area contributed by atoms with Crippen LogP contribution in [0.5, 0.6) is 0 Å². The van der Waals surface area contributed by atoms with Gasteiger partial charge in [-0.15, -0.1) is 0 Å². The monoisotopic (exact) mass is 422 g/mol. The van der Waals surface area contributed by atoms with Gasteiger partial charge in [0.15, 0.2) is 0 Å². The lowest BCUT2D eigenvalue weighted by Crippen LogP contribution is -2.27. The molecule has 164 valence electrons. The molecule has 0 bridgehead atoms. The fourth-order valence-corrected chi connectivity index (χ4v) is 4.65. The highest BCUT2D eigenvalue weighted by Gasteiger charge is 2.22. The fraction of sp³-hybridized carbons (Fsp3) is 0.423. The van der Waals surface area contributed by atoms with Gasteiger partial charge in [0.25, 0.3) is 0 Å². The van der Waals surface area contributed by atoms with E-state index in [9.17, 15) is 9.18 Å². The Morgan fingerprint density at radius 2 is 2.06 bits per heavy atom. The quantitative estimate of drug-likeness (QED) is 0.632. The number of nitrogens with one attached hydrogen (secondary N) is 1. The van der Waals surface area contributed by atoms with Gasteiger partial charge in [-0.3, -0.25) is 4.39 Å². The second kappa shape index (κ2) is 10.1. The minimum Gasteiger partial charge on any atom is -0.465 e. The maximum absolute atomic E-state index is 12.4. The number of carbonyl (C=O) groups is 1. The molecule has 2 aromatic carbocycles. The number of allylic oxidation sites excluding steroid dienone is 1. The van der Waals surface area contributed by atoms with Crippen molar-refractivity contribution in [3.05, 3.63) is 70.8 Å². The fourth-order valence-electron chi connectivity index (χ4n) is 4.65. The number of nitrogens with zero attached hydrogens (tertiary/aromatic N) is 1. The van der Waals surface area contributed by atoms with Crippen LogP contribution in [-0.4, -0.2) is 50.3 Å². The van der Waals surface area contributed by atoms with Gasteiger partial charge in [-0.2, -0.15) is 0 Å². The summed E-state index contributed by atoms with van der Waals surface area (Å²) < 4.78 is 17.3. The van der Waals surface area contributed by atoms with E-state index in [1.54, 1.807) is 0 Å². The first-order chi connectivity index (χ1) is 15.2. The summed E-state index contributed by atoms with van der Waals surface area (Å²) in [6, 6.07) is 14.9. The highest BCUT2D eigenvalue weighted by molar-refractivity contribution is 5.91. The number of rotatable bonds is 7. The molecule has 4 nitrogen and oxygen atoms in total. The number of fused-ring (bicyclic) bond motifs is 1. The number of carbonyl (C=O) groups excluding carboxylic acids is 1. The van der Waals surface area contributed by atoms with Crippen molar-refractivity contribution in [2.24, 2.45) is 0 Å². The second-order valence-corrected chi connectivity index (χ2v) is 8.42. The van der Waals surface area contributed by atoms with E-state index in [4.69, 9.17) is 4.74 Å². The number of esters is 1. The lowest BCUT2D eigenvalue weighted by atomic mass is 9.92. The standard InChI is InChI=1S/C26H31FN2O2/c1-31-26(30)21-9-12-25-20(17-21)5-2-3-6-24(25)19-7-10-22(11-8-19)28-23-13-16-29(18-23)15-4-14-27/h6-12,17,23,28H,2-5,13-16,18H2,1H3/t23-/m0/s1. The summed E-state index contributed by atoms with van der Waals surface area (Å²) in [5, 5.41) is 3.63. The molecule has 1 aliphatic carbocycles. The minimum absolute atomic E-state index is 0.237. The molecule has 2 aromatic rings. The lowest BCUT2D eigenvalue weighted by molar-refractivity contribution is 0.0600. The molecule has 0 aromatic heterocycles. The molecule has 1 heterocycles. The number of aryl methyl sites for hydroxylation is 1. The molecule has 31 heavy (non-hydrogen) atoms. The SMILES string of the molecule is COC(=O)c1ccc2c(c1)CCCC=C2c1ccc(N[C@H]2CCN(CCCF)C2)cc1. The summed E-state index contributed by atoms with van der Waals surface area (Å²) in [6.07, 6.45) is 7.08. The Kier molecular flexibility index (Phi) is 7.03. The highest BCUT2D eigenvalue weighted by atomic mass is 19.1. The zero-order chi connectivity index (χ0) is 21.6. The van der Waals surface area contributed by atoms with E-state index in [0.29, 0.717) is 18.0 Å². The number of hydrogen-bond acceptors (Lipinski definition) is 4. The Morgan fingerprint density at radius 1 is 1.23 bits per heavy atom. The van der Waals surface area contributed by atoms with Gasteiger partial charge in [-0.25, -0.2) is 4.79 Å². The van der Waals surface area contributed by atoms with Crippen molar-refractivity contribution >= 4 is 17.2 Å². The number of anilines is 1. The van der Waals surface area contributed by atoms with E-state index in [1.165, 1.54) is 29.4 Å². The number of alkyl halides is 1. The van der Waals surface area contributed by atoms with Crippen molar-refractivity contribution in [2.45, 2.75) is 38.1 Å². The predicted octanol–water partition coefficient (Wildman–Crippen LogP) is 5.09. The van der Waals surface area contributed by atoms with Crippen molar-refractivity contribution in [2.75, 3.05) is 38.7 Å². The normalized spacial score (nSPS) is 18.8. The lowest BCUT2D eigenvalue weighted by Gasteiger charge is -2.17. The van der Waals surface area contributed by atoms with Crippen LogP contribution in [0, 0.1) is 0 Å². The molecular formula is C26H31FN2O2. The van der Waals surface area contributed by atoms with Crippen LogP contribution < -0.4 is 5.32 Å². The molecular weight excluding hydrogens is 391 g/mol. The second-order valence-electron chi connectivity index (χ2n) is 8.42. The molecule has 1 aliphatic heterocycles. The van der Waals surface area contributed by atoms with E-state index < -0.39 is 0 Å². The molecule has 1 fully saturated rings. The molecule has 0 unspecified atom stereocenters. The summed E-state index contributed by atoms with van der Waals surface area (Å²) in [5.74, 6) is -0.289. The highest BCUT2D eigenvalue weighted by Crippen LogP contribution is 2.32. The number of hydrogen-bond donors (Lipinski definition) is 1. The topological polar surface area (TPSA) is 41.6 Å². The summed E-state index contributed by atoms with van der Waals surface area (Å²) in [6.45, 7) is 2.62.